The van der Waals surface area contributed by atoms with Crippen molar-refractivity contribution < 1.29 is 9.53 Å². The highest BCUT2D eigenvalue weighted by molar-refractivity contribution is 5.81. The molecule has 0 spiro atoms. The zero-order chi connectivity index (χ0) is 17.8. The van der Waals surface area contributed by atoms with Gasteiger partial charge < -0.3 is 10.1 Å². The van der Waals surface area contributed by atoms with Gasteiger partial charge in [0.1, 0.15) is 6.54 Å². The summed E-state index contributed by atoms with van der Waals surface area (Å²) in [4.78, 5) is 40.8. The Morgan fingerprint density at radius 3 is 2.76 bits per heavy atom. The Morgan fingerprint density at radius 1 is 1.28 bits per heavy atom. The maximum Gasteiger partial charge on any atom is 0.329 e. The topological polar surface area (TPSA) is 96.4 Å². The lowest BCUT2D eigenvalue weighted by Crippen LogP contribution is -2.47. The summed E-state index contributed by atoms with van der Waals surface area (Å²) in [5, 5.41) is 3.29. The molecule has 0 radical (unpaired) electrons. The lowest BCUT2D eigenvalue weighted by atomic mass is 10.2. The van der Waals surface area contributed by atoms with Crippen molar-refractivity contribution in [2.24, 2.45) is 0 Å². The SMILES string of the molecule is C[C@@H](CN1CCOCC1)NC(=O)Cn1c(=O)[nH]c(=O)c2ccccc21. The zero-order valence-corrected chi connectivity index (χ0v) is 14.2. The van der Waals surface area contributed by atoms with Gasteiger partial charge in [-0.3, -0.25) is 24.0 Å². The Balaban J connectivity index is 1.69. The molecule has 8 heteroatoms. The summed E-state index contributed by atoms with van der Waals surface area (Å²) in [6.45, 7) is 5.65. The van der Waals surface area contributed by atoms with Crippen LogP contribution < -0.4 is 16.6 Å². The van der Waals surface area contributed by atoms with E-state index < -0.39 is 11.2 Å². The summed E-state index contributed by atoms with van der Waals surface area (Å²) in [7, 11) is 0. The van der Waals surface area contributed by atoms with Crippen LogP contribution in [0.3, 0.4) is 0 Å². The Labute approximate surface area is 144 Å². The number of nitrogens with zero attached hydrogens (tertiary/aromatic N) is 2. The molecule has 1 fully saturated rings. The summed E-state index contributed by atoms with van der Waals surface area (Å²) in [5.41, 5.74) is -0.579. The molecule has 25 heavy (non-hydrogen) atoms. The van der Waals surface area contributed by atoms with Gasteiger partial charge in [0.15, 0.2) is 0 Å². The van der Waals surface area contributed by atoms with E-state index in [1.807, 2.05) is 6.92 Å². The second-order valence-electron chi connectivity index (χ2n) is 6.24. The van der Waals surface area contributed by atoms with Crippen molar-refractivity contribution in [3.8, 4) is 0 Å². The number of benzene rings is 1. The number of hydrogen-bond acceptors (Lipinski definition) is 5. The Kier molecular flexibility index (Phi) is 5.30. The fourth-order valence-corrected chi connectivity index (χ4v) is 3.08. The number of para-hydroxylation sites is 1. The monoisotopic (exact) mass is 346 g/mol. The van der Waals surface area contributed by atoms with Gasteiger partial charge >= 0.3 is 5.69 Å². The predicted molar refractivity (Wildman–Crippen MR) is 93.7 cm³/mol. The summed E-state index contributed by atoms with van der Waals surface area (Å²) in [6, 6.07) is 6.70. The molecule has 8 nitrogen and oxygen atoms in total. The zero-order valence-electron chi connectivity index (χ0n) is 14.2. The first-order valence-electron chi connectivity index (χ1n) is 8.36. The lowest BCUT2D eigenvalue weighted by molar-refractivity contribution is -0.122. The van der Waals surface area contributed by atoms with Gasteiger partial charge in [-0.15, -0.1) is 0 Å². The van der Waals surface area contributed by atoms with Crippen LogP contribution in [0.25, 0.3) is 10.9 Å². The molecular weight excluding hydrogens is 324 g/mol. The molecule has 1 atom stereocenters. The van der Waals surface area contributed by atoms with E-state index in [9.17, 15) is 14.4 Å². The van der Waals surface area contributed by atoms with Crippen molar-refractivity contribution in [1.29, 1.82) is 0 Å². The molecule has 1 aliphatic heterocycles. The molecule has 0 saturated carbocycles. The molecule has 2 N–H and O–H groups in total. The Hall–Kier alpha value is -2.45. The van der Waals surface area contributed by atoms with Gasteiger partial charge in [-0.2, -0.15) is 0 Å². The number of hydrogen-bond donors (Lipinski definition) is 2. The number of carbonyl (C=O) groups is 1. The first kappa shape index (κ1) is 17.4. The van der Waals surface area contributed by atoms with Gasteiger partial charge in [0.05, 0.1) is 24.1 Å². The van der Waals surface area contributed by atoms with Crippen molar-refractivity contribution >= 4 is 16.8 Å². The number of fused-ring (bicyclic) bond motifs is 1. The maximum atomic E-state index is 12.3. The van der Waals surface area contributed by atoms with E-state index in [2.05, 4.69) is 15.2 Å². The van der Waals surface area contributed by atoms with Crippen LogP contribution in [-0.4, -0.2) is 59.2 Å². The average molecular weight is 346 g/mol. The van der Waals surface area contributed by atoms with Gasteiger partial charge in [-0.1, -0.05) is 12.1 Å². The fourth-order valence-electron chi connectivity index (χ4n) is 3.08. The highest BCUT2D eigenvalue weighted by Gasteiger charge is 2.16. The smallest absolute Gasteiger partial charge is 0.329 e. The summed E-state index contributed by atoms with van der Waals surface area (Å²) >= 11 is 0. The summed E-state index contributed by atoms with van der Waals surface area (Å²) in [6.07, 6.45) is 0. The number of aromatic amines is 1. The van der Waals surface area contributed by atoms with Gasteiger partial charge in [-0.25, -0.2) is 4.79 Å². The van der Waals surface area contributed by atoms with Crippen molar-refractivity contribution in [2.45, 2.75) is 19.5 Å². The van der Waals surface area contributed by atoms with Crippen LogP contribution in [0, 0.1) is 0 Å². The largest absolute Gasteiger partial charge is 0.379 e. The third-order valence-corrected chi connectivity index (χ3v) is 4.25. The number of carbonyl (C=O) groups excluding carboxylic acids is 1. The summed E-state index contributed by atoms with van der Waals surface area (Å²) < 4.78 is 6.59. The first-order chi connectivity index (χ1) is 12.0. The van der Waals surface area contributed by atoms with Crippen molar-refractivity contribution in [2.75, 3.05) is 32.8 Å². The molecule has 3 rings (SSSR count). The number of H-pyrrole nitrogens is 1. The van der Waals surface area contributed by atoms with Crippen LogP contribution in [0.5, 0.6) is 0 Å². The van der Waals surface area contributed by atoms with E-state index in [4.69, 9.17) is 4.74 Å². The lowest BCUT2D eigenvalue weighted by Gasteiger charge is -2.29. The standard InChI is InChI=1S/C17H22N4O4/c1-12(10-20-6-8-25-9-7-20)18-15(22)11-21-14-5-3-2-4-13(14)16(23)19-17(21)24/h2-5,12H,6-11H2,1H3,(H,18,22)(H,19,23,24)/t12-/m0/s1. The quantitative estimate of drug-likeness (QED) is 0.763. The van der Waals surface area contributed by atoms with Crippen LogP contribution in [0.15, 0.2) is 33.9 Å². The molecule has 1 amide bonds. The van der Waals surface area contributed by atoms with Crippen LogP contribution in [0.2, 0.25) is 0 Å². The van der Waals surface area contributed by atoms with Gasteiger partial charge in [0.25, 0.3) is 5.56 Å². The maximum absolute atomic E-state index is 12.3. The molecule has 0 aliphatic carbocycles. The normalized spacial score (nSPS) is 16.7. The van der Waals surface area contributed by atoms with Crippen molar-refractivity contribution in [1.82, 2.24) is 19.8 Å². The number of amides is 1. The minimum absolute atomic E-state index is 0.0460. The first-order valence-corrected chi connectivity index (χ1v) is 8.36. The highest BCUT2D eigenvalue weighted by Crippen LogP contribution is 2.06. The third-order valence-electron chi connectivity index (χ3n) is 4.25. The van der Waals surface area contributed by atoms with Gasteiger partial charge in [0, 0.05) is 25.7 Å². The summed E-state index contributed by atoms with van der Waals surface area (Å²) in [5.74, 6) is -0.264. The molecule has 0 unspecified atom stereocenters. The average Bonchev–Trinajstić information content (AvgIpc) is 2.59. The molecule has 1 aliphatic rings. The highest BCUT2D eigenvalue weighted by atomic mass is 16.5. The van der Waals surface area contributed by atoms with Crippen molar-refractivity contribution in [3.63, 3.8) is 0 Å². The minimum Gasteiger partial charge on any atom is -0.379 e. The van der Waals surface area contributed by atoms with E-state index in [1.54, 1.807) is 24.3 Å². The third kappa shape index (κ3) is 4.15. The van der Waals surface area contributed by atoms with Crippen LogP contribution >= 0.6 is 0 Å². The second-order valence-corrected chi connectivity index (χ2v) is 6.24. The number of morpholine rings is 1. The van der Waals surface area contributed by atoms with Crippen LogP contribution in [-0.2, 0) is 16.1 Å². The van der Waals surface area contributed by atoms with Gasteiger partial charge in [-0.05, 0) is 19.1 Å². The number of ether oxygens (including phenoxy) is 1. The van der Waals surface area contributed by atoms with E-state index in [1.165, 1.54) is 4.57 Å². The number of aromatic nitrogens is 2. The van der Waals surface area contributed by atoms with Crippen molar-refractivity contribution in [3.05, 3.63) is 45.1 Å². The predicted octanol–water partition coefficient (Wildman–Crippen LogP) is -0.473. The number of rotatable bonds is 5. The molecule has 1 aromatic heterocycles. The van der Waals surface area contributed by atoms with Crippen LogP contribution in [0.4, 0.5) is 0 Å². The van der Waals surface area contributed by atoms with Gasteiger partial charge in [0.2, 0.25) is 5.91 Å². The molecule has 1 saturated heterocycles. The Bertz CT molecular complexity index is 867. The molecule has 1 aromatic carbocycles. The van der Waals surface area contributed by atoms with E-state index in [0.717, 1.165) is 19.6 Å². The minimum atomic E-state index is -0.584. The fraction of sp³-hybridized carbons (Fsp3) is 0.471. The molecule has 2 aromatic rings. The van der Waals surface area contributed by atoms with E-state index in [0.29, 0.717) is 24.1 Å². The van der Waals surface area contributed by atoms with E-state index in [-0.39, 0.29) is 18.5 Å². The number of nitrogens with one attached hydrogen (secondary N) is 2. The van der Waals surface area contributed by atoms with Crippen LogP contribution in [0.1, 0.15) is 6.92 Å². The second kappa shape index (κ2) is 7.62. The molecule has 0 bridgehead atoms. The van der Waals surface area contributed by atoms with E-state index >= 15 is 0 Å². The molecular formula is C17H22N4O4. The Morgan fingerprint density at radius 2 is 2.00 bits per heavy atom. The molecule has 134 valence electrons. The molecule has 2 heterocycles.